The third-order valence-electron chi connectivity index (χ3n) is 4.84. The van der Waals surface area contributed by atoms with Crippen molar-refractivity contribution in [3.05, 3.63) is 24.0 Å². The van der Waals surface area contributed by atoms with Crippen LogP contribution in [-0.4, -0.2) is 17.4 Å². The van der Waals surface area contributed by atoms with Gasteiger partial charge in [-0.05, 0) is 49.5 Å². The van der Waals surface area contributed by atoms with Crippen LogP contribution in [-0.2, 0) is 0 Å². The molecule has 3 atom stereocenters. The largest absolute Gasteiger partial charge is 0.492 e. The van der Waals surface area contributed by atoms with Gasteiger partial charge in [0.05, 0.1) is 12.8 Å². The minimum absolute atomic E-state index is 0.233. The molecule has 2 aliphatic rings. The first-order chi connectivity index (χ1) is 9.76. The Labute approximate surface area is 120 Å². The highest BCUT2D eigenvalue weighted by Gasteiger charge is 2.40. The van der Waals surface area contributed by atoms with Gasteiger partial charge in [0, 0.05) is 18.2 Å². The number of carbonyl (C=O) groups is 1. The fourth-order valence-electron chi connectivity index (χ4n) is 3.85. The summed E-state index contributed by atoms with van der Waals surface area (Å²) in [4.78, 5) is 16.5. The second-order valence-corrected chi connectivity index (χ2v) is 6.32. The van der Waals surface area contributed by atoms with Crippen molar-refractivity contribution in [3.63, 3.8) is 0 Å². The number of fused-ring (bicyclic) bond motifs is 2. The summed E-state index contributed by atoms with van der Waals surface area (Å²) >= 11 is 0. The fraction of sp³-hybridized carbons (Fsp3) is 0.647. The zero-order chi connectivity index (χ0) is 13.9. The molecule has 3 rings (SSSR count). The van der Waals surface area contributed by atoms with Gasteiger partial charge >= 0.3 is 0 Å². The standard InChI is InChI=1S/C17H23NO2/c1-2-5-20-16-8-15(10-18-11-16)17(19)9-14-7-12-3-4-13(14)6-12/h8,10-14H,2-7,9H2,1H3. The zero-order valence-corrected chi connectivity index (χ0v) is 12.2. The van der Waals surface area contributed by atoms with Crippen LogP contribution in [0.2, 0.25) is 0 Å². The van der Waals surface area contributed by atoms with E-state index in [1.54, 1.807) is 12.4 Å². The van der Waals surface area contributed by atoms with Crippen LogP contribution in [0.4, 0.5) is 0 Å². The average molecular weight is 273 g/mol. The van der Waals surface area contributed by atoms with Crippen LogP contribution in [0.25, 0.3) is 0 Å². The molecule has 0 amide bonds. The number of aromatic nitrogens is 1. The number of ether oxygens (including phenoxy) is 1. The van der Waals surface area contributed by atoms with Crippen molar-refractivity contribution < 1.29 is 9.53 Å². The lowest BCUT2D eigenvalue weighted by atomic mass is 9.84. The molecule has 2 saturated carbocycles. The molecule has 0 saturated heterocycles. The Balaban J connectivity index is 1.62. The highest BCUT2D eigenvalue weighted by atomic mass is 16.5. The Morgan fingerprint density at radius 3 is 2.95 bits per heavy atom. The maximum absolute atomic E-state index is 12.4. The first-order valence-electron chi connectivity index (χ1n) is 7.87. The van der Waals surface area contributed by atoms with E-state index in [1.807, 2.05) is 6.07 Å². The number of nitrogens with zero attached hydrogens (tertiary/aromatic N) is 1. The number of carbonyl (C=O) groups excluding carboxylic acids is 1. The number of Topliss-reactive ketones (excluding diaryl/α,β-unsaturated/α-hetero) is 1. The number of hydrogen-bond donors (Lipinski definition) is 0. The lowest BCUT2D eigenvalue weighted by Gasteiger charge is -2.20. The summed E-state index contributed by atoms with van der Waals surface area (Å²) in [6.07, 6.45) is 10.4. The number of rotatable bonds is 6. The number of pyridine rings is 1. The maximum Gasteiger partial charge on any atom is 0.164 e. The Morgan fingerprint density at radius 1 is 1.35 bits per heavy atom. The first-order valence-corrected chi connectivity index (χ1v) is 7.87. The molecule has 2 bridgehead atoms. The second kappa shape index (κ2) is 5.94. The molecule has 0 aromatic carbocycles. The quantitative estimate of drug-likeness (QED) is 0.738. The van der Waals surface area contributed by atoms with Gasteiger partial charge in [0.2, 0.25) is 0 Å². The van der Waals surface area contributed by atoms with Crippen LogP contribution < -0.4 is 4.74 Å². The summed E-state index contributed by atoms with van der Waals surface area (Å²) in [5, 5.41) is 0. The Morgan fingerprint density at radius 2 is 2.25 bits per heavy atom. The molecular weight excluding hydrogens is 250 g/mol. The Hall–Kier alpha value is -1.38. The highest BCUT2D eigenvalue weighted by Crippen LogP contribution is 2.49. The lowest BCUT2D eigenvalue weighted by Crippen LogP contribution is -2.15. The van der Waals surface area contributed by atoms with E-state index in [-0.39, 0.29) is 5.78 Å². The molecule has 20 heavy (non-hydrogen) atoms. The van der Waals surface area contributed by atoms with Gasteiger partial charge in [-0.15, -0.1) is 0 Å². The van der Waals surface area contributed by atoms with Crippen LogP contribution in [0.3, 0.4) is 0 Å². The highest BCUT2D eigenvalue weighted by molar-refractivity contribution is 5.96. The average Bonchev–Trinajstić information content (AvgIpc) is 3.08. The second-order valence-electron chi connectivity index (χ2n) is 6.32. The van der Waals surface area contributed by atoms with E-state index in [0.717, 1.165) is 18.3 Å². The van der Waals surface area contributed by atoms with Gasteiger partial charge in [-0.2, -0.15) is 0 Å². The SMILES string of the molecule is CCCOc1cncc(C(=O)CC2CC3CCC2C3)c1. The van der Waals surface area contributed by atoms with Gasteiger partial charge in [0.1, 0.15) is 5.75 Å². The van der Waals surface area contributed by atoms with E-state index >= 15 is 0 Å². The Bertz CT molecular complexity index is 486. The van der Waals surface area contributed by atoms with E-state index in [9.17, 15) is 4.79 Å². The van der Waals surface area contributed by atoms with Gasteiger partial charge in [-0.1, -0.05) is 13.3 Å². The van der Waals surface area contributed by atoms with Crippen molar-refractivity contribution in [1.29, 1.82) is 0 Å². The molecule has 1 aromatic rings. The lowest BCUT2D eigenvalue weighted by molar-refractivity contribution is 0.0943. The van der Waals surface area contributed by atoms with Crippen molar-refractivity contribution in [3.8, 4) is 5.75 Å². The summed E-state index contributed by atoms with van der Waals surface area (Å²) in [7, 11) is 0. The molecule has 2 aliphatic carbocycles. The summed E-state index contributed by atoms with van der Waals surface area (Å²) < 4.78 is 5.55. The molecule has 0 radical (unpaired) electrons. The van der Waals surface area contributed by atoms with E-state index in [0.29, 0.717) is 30.3 Å². The molecule has 108 valence electrons. The molecule has 1 aromatic heterocycles. The maximum atomic E-state index is 12.4. The van der Waals surface area contributed by atoms with Crippen molar-refractivity contribution in [1.82, 2.24) is 4.98 Å². The van der Waals surface area contributed by atoms with Crippen LogP contribution in [0, 0.1) is 17.8 Å². The van der Waals surface area contributed by atoms with Gasteiger partial charge in [0.25, 0.3) is 0 Å². The first kappa shape index (κ1) is 13.6. The molecule has 3 unspecified atom stereocenters. The summed E-state index contributed by atoms with van der Waals surface area (Å²) in [5.74, 6) is 3.26. The van der Waals surface area contributed by atoms with Crippen LogP contribution in [0.1, 0.15) is 55.8 Å². The van der Waals surface area contributed by atoms with Crippen molar-refractivity contribution in [2.45, 2.75) is 45.4 Å². The van der Waals surface area contributed by atoms with Crippen molar-refractivity contribution >= 4 is 5.78 Å². The molecule has 0 spiro atoms. The topological polar surface area (TPSA) is 39.2 Å². The Kier molecular flexibility index (Phi) is 4.04. The molecular formula is C17H23NO2. The van der Waals surface area contributed by atoms with Crippen LogP contribution >= 0.6 is 0 Å². The van der Waals surface area contributed by atoms with Gasteiger partial charge in [-0.25, -0.2) is 0 Å². The minimum atomic E-state index is 0.233. The van der Waals surface area contributed by atoms with Gasteiger partial charge in [0.15, 0.2) is 5.78 Å². The van der Waals surface area contributed by atoms with Crippen molar-refractivity contribution in [2.75, 3.05) is 6.61 Å². The molecule has 1 heterocycles. The molecule has 0 aliphatic heterocycles. The summed E-state index contributed by atoms with van der Waals surface area (Å²) in [6.45, 7) is 2.74. The van der Waals surface area contributed by atoms with Crippen LogP contribution in [0.15, 0.2) is 18.5 Å². The molecule has 0 N–H and O–H groups in total. The van der Waals surface area contributed by atoms with E-state index in [1.165, 1.54) is 25.7 Å². The fourth-order valence-corrected chi connectivity index (χ4v) is 3.85. The number of ketones is 1. The third kappa shape index (κ3) is 2.87. The predicted molar refractivity (Wildman–Crippen MR) is 77.9 cm³/mol. The normalized spacial score (nSPS) is 27.8. The molecule has 3 nitrogen and oxygen atoms in total. The monoisotopic (exact) mass is 273 g/mol. The predicted octanol–water partition coefficient (Wildman–Crippen LogP) is 3.88. The van der Waals surface area contributed by atoms with Crippen molar-refractivity contribution in [2.24, 2.45) is 17.8 Å². The van der Waals surface area contributed by atoms with Crippen LogP contribution in [0.5, 0.6) is 5.75 Å². The van der Waals surface area contributed by atoms with E-state index in [4.69, 9.17) is 4.74 Å². The minimum Gasteiger partial charge on any atom is -0.492 e. The van der Waals surface area contributed by atoms with E-state index in [2.05, 4.69) is 11.9 Å². The van der Waals surface area contributed by atoms with E-state index < -0.39 is 0 Å². The molecule has 2 fully saturated rings. The van der Waals surface area contributed by atoms with Gasteiger partial charge in [-0.3, -0.25) is 9.78 Å². The molecule has 3 heteroatoms. The third-order valence-corrected chi connectivity index (χ3v) is 4.84. The zero-order valence-electron chi connectivity index (χ0n) is 12.2. The summed E-state index contributed by atoms with van der Waals surface area (Å²) in [6, 6.07) is 1.85. The van der Waals surface area contributed by atoms with Gasteiger partial charge < -0.3 is 4.74 Å². The summed E-state index contributed by atoms with van der Waals surface area (Å²) in [5.41, 5.74) is 0.710. The number of hydrogen-bond acceptors (Lipinski definition) is 3. The smallest absolute Gasteiger partial charge is 0.164 e.